The molecule has 0 atom stereocenters. The molecule has 0 nitrogen and oxygen atoms in total. The maximum atomic E-state index is 2.55. The van der Waals surface area contributed by atoms with Gasteiger partial charge in [-0.3, -0.25) is 0 Å². The van der Waals surface area contributed by atoms with Gasteiger partial charge in [-0.1, -0.05) is 119 Å². The molecule has 0 saturated heterocycles. The molecule has 0 bridgehead atoms. The molecule has 240 valence electrons. The number of halogens is 2. The molecule has 2 aliphatic rings. The second-order valence-corrected chi connectivity index (χ2v) is 17.7. The van der Waals surface area contributed by atoms with Crippen LogP contribution in [0.25, 0.3) is 21.5 Å². The average molecular weight is 860 g/mol. The molecule has 2 fully saturated rings. The van der Waals surface area contributed by atoms with E-state index in [1.54, 1.807) is 5.30 Å². The summed E-state index contributed by atoms with van der Waals surface area (Å²) in [4.78, 5) is 0. The van der Waals surface area contributed by atoms with Gasteiger partial charge in [0, 0.05) is 0 Å². The van der Waals surface area contributed by atoms with E-state index in [-0.39, 0.29) is 58.6 Å². The molecule has 0 spiro atoms. The van der Waals surface area contributed by atoms with E-state index < -0.39 is 7.92 Å². The van der Waals surface area contributed by atoms with Crippen molar-refractivity contribution in [1.29, 1.82) is 0 Å². The van der Waals surface area contributed by atoms with E-state index in [9.17, 15) is 0 Å². The van der Waals surface area contributed by atoms with Crippen LogP contribution in [-0.2, 0) is 25.8 Å². The monoisotopic (exact) mass is 860 g/mol. The van der Waals surface area contributed by atoms with E-state index in [0.29, 0.717) is 0 Å². The SMILES string of the molecule is [Cl-].[Cl-].[Hf+4].c1ccc(P(c2ccccc2)c2cc3ccccc3[cH-]2)cc1.c1ccc2[cH-]c(P(C3CCCCC3)C3CCCCC3)cc2c1. The van der Waals surface area contributed by atoms with Gasteiger partial charge < -0.3 is 24.8 Å². The predicted octanol–water partition coefficient (Wildman–Crippen LogP) is 4.65. The molecule has 47 heavy (non-hydrogen) atoms. The summed E-state index contributed by atoms with van der Waals surface area (Å²) in [7, 11) is -0.432. The molecule has 0 unspecified atom stereocenters. The Hall–Kier alpha value is -1.59. The standard InChI is InChI=1S/C21H28P.C21H16P.2ClH.Hf/c2*1-3-11-19(12-4-1)22(20-13-5-2-6-14-20)21-15-17-9-7-8-10-18(17)16-21;;;/h7-10,15-16,19-20H,1-6,11-14H2;1-16H;2*1H;/q2*-1;;;+4/p-2. The van der Waals surface area contributed by atoms with E-state index in [0.717, 1.165) is 11.3 Å². The maximum absolute atomic E-state index is 2.55. The molecule has 2 aliphatic carbocycles. The average Bonchev–Trinajstić information content (AvgIpc) is 3.72. The van der Waals surface area contributed by atoms with E-state index in [4.69, 9.17) is 0 Å². The van der Waals surface area contributed by atoms with Gasteiger partial charge in [-0.05, 0) is 55.5 Å². The molecule has 0 N–H and O–H groups in total. The predicted molar refractivity (Wildman–Crippen MR) is 198 cm³/mol. The van der Waals surface area contributed by atoms with Gasteiger partial charge in [0.05, 0.1) is 0 Å². The van der Waals surface area contributed by atoms with E-state index in [1.165, 1.54) is 102 Å². The summed E-state index contributed by atoms with van der Waals surface area (Å²) < 4.78 is 0. The summed E-state index contributed by atoms with van der Waals surface area (Å²) in [5, 5.41) is 11.6. The summed E-state index contributed by atoms with van der Waals surface area (Å²) in [5.74, 6) is 0. The summed E-state index contributed by atoms with van der Waals surface area (Å²) in [6, 6.07) is 49.1. The second kappa shape index (κ2) is 19.0. The van der Waals surface area contributed by atoms with Crippen LogP contribution in [-0.4, -0.2) is 11.3 Å². The Morgan fingerprint density at radius 1 is 0.447 bits per heavy atom. The van der Waals surface area contributed by atoms with Crippen molar-refractivity contribution >= 4 is 58.6 Å². The fourth-order valence-corrected chi connectivity index (χ4v) is 13.8. The number of fused-ring (bicyclic) bond motifs is 2. The largest absolute Gasteiger partial charge is 4.00 e. The first-order chi connectivity index (χ1) is 21.8. The molecule has 6 aromatic rings. The number of hydrogen-bond acceptors (Lipinski definition) is 0. The first kappa shape index (κ1) is 38.2. The Bertz CT molecular complexity index is 1630. The first-order valence-electron chi connectivity index (χ1n) is 16.8. The summed E-state index contributed by atoms with van der Waals surface area (Å²) in [5.41, 5.74) is 2.03. The van der Waals surface area contributed by atoms with E-state index >= 15 is 0 Å². The van der Waals surface area contributed by atoms with Crippen molar-refractivity contribution in [1.82, 2.24) is 0 Å². The molecule has 0 radical (unpaired) electrons. The minimum atomic E-state index is -0.493. The summed E-state index contributed by atoms with van der Waals surface area (Å²) in [6.45, 7) is 0. The van der Waals surface area contributed by atoms with Gasteiger partial charge in [0.25, 0.3) is 0 Å². The molecule has 8 rings (SSSR count). The van der Waals surface area contributed by atoms with Gasteiger partial charge in [0.15, 0.2) is 0 Å². The van der Waals surface area contributed by atoms with Gasteiger partial charge in [-0.15, -0.1) is 80.7 Å². The third-order valence-corrected chi connectivity index (χ3v) is 15.6. The molecule has 2 saturated carbocycles. The van der Waals surface area contributed by atoms with Crippen molar-refractivity contribution in [3.8, 4) is 0 Å². The number of rotatable bonds is 6. The Morgan fingerprint density at radius 3 is 1.28 bits per heavy atom. The van der Waals surface area contributed by atoms with Gasteiger partial charge in [-0.25, -0.2) is 0 Å². The number of benzene rings is 4. The molecule has 5 heteroatoms. The zero-order chi connectivity index (χ0) is 29.6. The van der Waals surface area contributed by atoms with Crippen molar-refractivity contribution in [2.75, 3.05) is 0 Å². The normalized spacial score (nSPS) is 15.4. The molecule has 0 aliphatic heterocycles. The fourth-order valence-electron chi connectivity index (χ4n) is 7.59. The minimum Gasteiger partial charge on any atom is -1.00 e. The molecular weight excluding hydrogens is 816 g/mol. The Balaban J connectivity index is 0.000000200. The van der Waals surface area contributed by atoms with Crippen molar-refractivity contribution in [3.63, 3.8) is 0 Å². The molecule has 0 aromatic heterocycles. The van der Waals surface area contributed by atoms with Crippen molar-refractivity contribution in [3.05, 3.63) is 133 Å². The third kappa shape index (κ3) is 9.35. The van der Waals surface area contributed by atoms with Crippen molar-refractivity contribution < 1.29 is 50.7 Å². The summed E-state index contributed by atoms with van der Waals surface area (Å²) in [6.07, 6.45) is 14.9. The Kier molecular flexibility index (Phi) is 15.4. The smallest absolute Gasteiger partial charge is 1.00 e. The van der Waals surface area contributed by atoms with Crippen molar-refractivity contribution in [2.45, 2.75) is 75.5 Å². The fraction of sp³-hybridized carbons (Fsp3) is 0.286. The third-order valence-electron chi connectivity index (χ3n) is 9.73. The van der Waals surface area contributed by atoms with Crippen LogP contribution in [0.15, 0.2) is 133 Å². The quantitative estimate of drug-likeness (QED) is 0.130. The van der Waals surface area contributed by atoms with Gasteiger partial charge in [-0.2, -0.15) is 12.1 Å². The van der Waals surface area contributed by atoms with Crippen LogP contribution in [0.5, 0.6) is 0 Å². The van der Waals surface area contributed by atoms with Crippen LogP contribution in [0.4, 0.5) is 0 Å². The minimum absolute atomic E-state index is 0. The van der Waals surface area contributed by atoms with Crippen molar-refractivity contribution in [2.24, 2.45) is 0 Å². The van der Waals surface area contributed by atoms with Crippen LogP contribution in [0.2, 0.25) is 0 Å². The zero-order valence-corrected chi connectivity index (χ0v) is 34.0. The second-order valence-electron chi connectivity index (χ2n) is 12.7. The van der Waals surface area contributed by atoms with Crippen LogP contribution < -0.4 is 46.0 Å². The summed E-state index contributed by atoms with van der Waals surface area (Å²) >= 11 is 0. The first-order valence-corrected chi connectivity index (χ1v) is 19.7. The number of hydrogen-bond donors (Lipinski definition) is 0. The molecule has 0 heterocycles. The van der Waals surface area contributed by atoms with Crippen LogP contribution in [0.1, 0.15) is 64.2 Å². The zero-order valence-electron chi connectivity index (χ0n) is 27.1. The maximum Gasteiger partial charge on any atom is 4.00 e. The van der Waals surface area contributed by atoms with Gasteiger partial charge in [0.1, 0.15) is 0 Å². The van der Waals surface area contributed by atoms with Crippen LogP contribution >= 0.6 is 15.8 Å². The van der Waals surface area contributed by atoms with Gasteiger partial charge >= 0.3 is 25.8 Å². The van der Waals surface area contributed by atoms with E-state index in [2.05, 4.69) is 133 Å². The van der Waals surface area contributed by atoms with Crippen LogP contribution in [0.3, 0.4) is 0 Å². The van der Waals surface area contributed by atoms with E-state index in [1.807, 2.05) is 0 Å². The topological polar surface area (TPSA) is 0 Å². The van der Waals surface area contributed by atoms with Gasteiger partial charge in [0.2, 0.25) is 0 Å². The molecular formula is C42H44Cl2HfP2. The molecule has 6 aromatic carbocycles. The molecule has 0 amide bonds. The van der Waals surface area contributed by atoms with Crippen LogP contribution in [0, 0.1) is 0 Å². The Morgan fingerprint density at radius 2 is 0.830 bits per heavy atom. The Labute approximate surface area is 316 Å².